The molecule has 1 aliphatic heterocycles. The summed E-state index contributed by atoms with van der Waals surface area (Å²) in [5.41, 5.74) is 4.13. The van der Waals surface area contributed by atoms with E-state index >= 15 is 0 Å². The maximum absolute atomic E-state index is 6.78. The van der Waals surface area contributed by atoms with Crippen molar-refractivity contribution in [3.63, 3.8) is 0 Å². The maximum atomic E-state index is 6.78. The Morgan fingerprint density at radius 3 is 2.86 bits per heavy atom. The van der Waals surface area contributed by atoms with Crippen LogP contribution in [0.2, 0.25) is 5.02 Å². The number of likely N-dealkylation sites (tertiary alicyclic amines) is 1. The van der Waals surface area contributed by atoms with Gasteiger partial charge < -0.3 is 10.2 Å². The standard InChI is InChI=1S/C26H24ClN7S/c27-19-11-16-4-5-20(22-3-1-8-35-22)31-21(16)12-18(19)24-23-25(28-14-29-26(23)33-32-24)30-17-9-15(10-17)13-34-6-2-7-34/h1,3-5,8,11-12,14-15,17H,2,6-7,9-10,13H2,(H2,28,29,30,32,33). The molecule has 1 saturated heterocycles. The molecule has 0 unspecified atom stereocenters. The third-order valence-electron chi connectivity index (χ3n) is 7.21. The number of benzene rings is 1. The minimum Gasteiger partial charge on any atom is -0.367 e. The lowest BCUT2D eigenvalue weighted by Crippen LogP contribution is -2.46. The van der Waals surface area contributed by atoms with Crippen molar-refractivity contribution >= 4 is 50.7 Å². The number of aromatic amines is 1. The molecule has 0 atom stereocenters. The van der Waals surface area contributed by atoms with Crippen LogP contribution in [-0.4, -0.2) is 55.7 Å². The van der Waals surface area contributed by atoms with Crippen molar-refractivity contribution in [2.24, 2.45) is 5.92 Å². The molecule has 4 aromatic heterocycles. The number of thiophene rings is 1. The van der Waals surface area contributed by atoms with Gasteiger partial charge in [0.2, 0.25) is 0 Å². The predicted octanol–water partition coefficient (Wildman–Crippen LogP) is 5.85. The normalized spacial score (nSPS) is 20.1. The van der Waals surface area contributed by atoms with E-state index in [1.54, 1.807) is 17.7 Å². The van der Waals surface area contributed by atoms with Gasteiger partial charge in [0, 0.05) is 23.5 Å². The molecule has 35 heavy (non-hydrogen) atoms. The molecule has 9 heteroatoms. The Kier molecular flexibility index (Phi) is 5.19. The number of H-pyrrole nitrogens is 1. The van der Waals surface area contributed by atoms with Crippen molar-refractivity contribution in [3.05, 3.63) is 53.1 Å². The van der Waals surface area contributed by atoms with E-state index in [-0.39, 0.29) is 0 Å². The summed E-state index contributed by atoms with van der Waals surface area (Å²) in [6.45, 7) is 3.74. The molecular formula is C26H24ClN7S. The summed E-state index contributed by atoms with van der Waals surface area (Å²) in [6.07, 6.45) is 5.25. The summed E-state index contributed by atoms with van der Waals surface area (Å²) in [5, 5.41) is 15.9. The summed E-state index contributed by atoms with van der Waals surface area (Å²) in [5.74, 6) is 1.58. The Bertz CT molecular complexity index is 1520. The first-order valence-corrected chi connectivity index (χ1v) is 13.3. The zero-order chi connectivity index (χ0) is 23.4. The molecule has 0 bridgehead atoms. The molecule has 2 fully saturated rings. The Hall–Kier alpha value is -3.07. The second kappa shape index (κ2) is 8.55. The first-order chi connectivity index (χ1) is 17.2. The molecular weight excluding hydrogens is 478 g/mol. The van der Waals surface area contributed by atoms with Crippen molar-refractivity contribution in [1.29, 1.82) is 0 Å². The van der Waals surface area contributed by atoms with Crippen LogP contribution in [-0.2, 0) is 0 Å². The van der Waals surface area contributed by atoms with Gasteiger partial charge in [0.25, 0.3) is 0 Å². The van der Waals surface area contributed by atoms with E-state index in [2.05, 4.69) is 47.9 Å². The van der Waals surface area contributed by atoms with Crippen molar-refractivity contribution in [3.8, 4) is 21.8 Å². The number of hydrogen-bond donors (Lipinski definition) is 2. The van der Waals surface area contributed by atoms with E-state index in [0.717, 1.165) is 49.9 Å². The Morgan fingerprint density at radius 1 is 1.14 bits per heavy atom. The molecule has 0 amide bonds. The summed E-state index contributed by atoms with van der Waals surface area (Å²) in [4.78, 5) is 17.6. The van der Waals surface area contributed by atoms with Crippen LogP contribution >= 0.6 is 22.9 Å². The van der Waals surface area contributed by atoms with Gasteiger partial charge in [-0.05, 0) is 67.9 Å². The fourth-order valence-corrected chi connectivity index (χ4v) is 6.14. The average molecular weight is 502 g/mol. The summed E-state index contributed by atoms with van der Waals surface area (Å²) in [6, 6.07) is 12.7. The van der Waals surface area contributed by atoms with Crippen molar-refractivity contribution in [2.45, 2.75) is 25.3 Å². The number of nitrogens with one attached hydrogen (secondary N) is 2. The number of nitrogens with zero attached hydrogens (tertiary/aromatic N) is 5. The van der Waals surface area contributed by atoms with Crippen LogP contribution in [0.3, 0.4) is 0 Å². The lowest BCUT2D eigenvalue weighted by molar-refractivity contribution is 0.114. The van der Waals surface area contributed by atoms with Crippen LogP contribution in [0.15, 0.2) is 48.1 Å². The quantitative estimate of drug-likeness (QED) is 0.304. The van der Waals surface area contributed by atoms with Gasteiger partial charge in [-0.1, -0.05) is 23.7 Å². The highest BCUT2D eigenvalue weighted by Gasteiger charge is 2.32. The molecule has 0 radical (unpaired) electrons. The number of hydrogen-bond acceptors (Lipinski definition) is 7. The second-order valence-electron chi connectivity index (χ2n) is 9.55. The van der Waals surface area contributed by atoms with Gasteiger partial charge in [-0.25, -0.2) is 15.0 Å². The highest BCUT2D eigenvalue weighted by Crippen LogP contribution is 2.39. The molecule has 2 N–H and O–H groups in total. The summed E-state index contributed by atoms with van der Waals surface area (Å²) >= 11 is 8.46. The lowest BCUT2D eigenvalue weighted by Gasteiger charge is -2.42. The van der Waals surface area contributed by atoms with E-state index in [0.29, 0.717) is 16.7 Å². The number of halogens is 1. The second-order valence-corrected chi connectivity index (χ2v) is 10.9. The summed E-state index contributed by atoms with van der Waals surface area (Å²) < 4.78 is 0. The van der Waals surface area contributed by atoms with Gasteiger partial charge in [-0.2, -0.15) is 5.10 Å². The highest BCUT2D eigenvalue weighted by molar-refractivity contribution is 7.13. The van der Waals surface area contributed by atoms with Crippen LogP contribution < -0.4 is 5.32 Å². The van der Waals surface area contributed by atoms with Crippen molar-refractivity contribution < 1.29 is 0 Å². The smallest absolute Gasteiger partial charge is 0.186 e. The van der Waals surface area contributed by atoms with Gasteiger partial charge >= 0.3 is 0 Å². The molecule has 7 nitrogen and oxygen atoms in total. The van der Waals surface area contributed by atoms with E-state index in [1.807, 2.05) is 24.3 Å². The monoisotopic (exact) mass is 501 g/mol. The molecule has 1 aromatic carbocycles. The predicted molar refractivity (Wildman–Crippen MR) is 142 cm³/mol. The van der Waals surface area contributed by atoms with Crippen molar-refractivity contribution in [2.75, 3.05) is 25.0 Å². The summed E-state index contributed by atoms with van der Waals surface area (Å²) in [7, 11) is 0. The van der Waals surface area contributed by atoms with Gasteiger partial charge in [0.05, 0.1) is 32.2 Å². The minimum absolute atomic E-state index is 0.421. The topological polar surface area (TPSA) is 82.6 Å². The van der Waals surface area contributed by atoms with Gasteiger partial charge in [0.1, 0.15) is 12.1 Å². The minimum atomic E-state index is 0.421. The molecule has 5 heterocycles. The Balaban J connectivity index is 1.22. The van der Waals surface area contributed by atoms with Gasteiger partial charge in [0.15, 0.2) is 5.65 Å². The highest BCUT2D eigenvalue weighted by atomic mass is 35.5. The third-order valence-corrected chi connectivity index (χ3v) is 8.42. The van der Waals surface area contributed by atoms with Crippen LogP contribution in [0, 0.1) is 5.92 Å². The number of pyridine rings is 1. The van der Waals surface area contributed by atoms with Crippen LogP contribution in [0.1, 0.15) is 19.3 Å². The third kappa shape index (κ3) is 3.86. The largest absolute Gasteiger partial charge is 0.367 e. The van der Waals surface area contributed by atoms with E-state index < -0.39 is 0 Å². The van der Waals surface area contributed by atoms with Crippen LogP contribution in [0.25, 0.3) is 43.8 Å². The fraction of sp³-hybridized carbons (Fsp3) is 0.308. The number of rotatable bonds is 6. The zero-order valence-electron chi connectivity index (χ0n) is 19.0. The van der Waals surface area contributed by atoms with E-state index in [9.17, 15) is 0 Å². The SMILES string of the molecule is Clc1cc2ccc(-c3cccs3)nc2cc1-c1[nH]nc2ncnc(NC3CC(CN4CCC4)C3)c12. The molecule has 5 aromatic rings. The first-order valence-electron chi connectivity index (χ1n) is 12.0. The van der Waals surface area contributed by atoms with E-state index in [1.165, 1.54) is 38.9 Å². The number of aromatic nitrogens is 5. The molecule has 2 aliphatic rings. The molecule has 7 rings (SSSR count). The molecule has 1 saturated carbocycles. The molecule has 176 valence electrons. The lowest BCUT2D eigenvalue weighted by atomic mass is 9.79. The van der Waals surface area contributed by atoms with Crippen LogP contribution in [0.5, 0.6) is 0 Å². The molecule has 0 spiro atoms. The number of fused-ring (bicyclic) bond motifs is 2. The first kappa shape index (κ1) is 21.2. The average Bonchev–Trinajstić information content (AvgIpc) is 3.49. The number of anilines is 1. The van der Waals surface area contributed by atoms with E-state index in [4.69, 9.17) is 16.6 Å². The fourth-order valence-electron chi connectivity index (χ4n) is 5.18. The van der Waals surface area contributed by atoms with Gasteiger partial charge in [-0.15, -0.1) is 11.3 Å². The Morgan fingerprint density at radius 2 is 2.06 bits per heavy atom. The Labute approximate surface area is 211 Å². The zero-order valence-corrected chi connectivity index (χ0v) is 20.6. The van der Waals surface area contributed by atoms with Crippen molar-refractivity contribution in [1.82, 2.24) is 30.0 Å². The molecule has 1 aliphatic carbocycles. The van der Waals surface area contributed by atoms with Crippen LogP contribution in [0.4, 0.5) is 5.82 Å². The van der Waals surface area contributed by atoms with Gasteiger partial charge in [-0.3, -0.25) is 5.10 Å². The maximum Gasteiger partial charge on any atom is 0.186 e.